The summed E-state index contributed by atoms with van der Waals surface area (Å²) < 4.78 is 0. The molecule has 0 aliphatic carbocycles. The zero-order valence-electron chi connectivity index (χ0n) is 14.1. The molecule has 0 amide bonds. The Morgan fingerprint density at radius 3 is 2.37 bits per heavy atom. The molecule has 1 aliphatic heterocycles. The Morgan fingerprint density at radius 2 is 1.89 bits per heavy atom. The highest BCUT2D eigenvalue weighted by atomic mass is 15.2. The molecule has 0 saturated carbocycles. The van der Waals surface area contributed by atoms with Crippen molar-refractivity contribution in [3.8, 4) is 0 Å². The first-order chi connectivity index (χ1) is 8.90. The van der Waals surface area contributed by atoms with Crippen molar-refractivity contribution >= 4 is 0 Å². The molecule has 0 bridgehead atoms. The number of piperidine rings is 1. The van der Waals surface area contributed by atoms with E-state index in [2.05, 4.69) is 46.4 Å². The van der Waals surface area contributed by atoms with Crippen molar-refractivity contribution in [3.05, 3.63) is 0 Å². The number of nitrogens with two attached hydrogens (primary N) is 1. The molecule has 1 aliphatic rings. The van der Waals surface area contributed by atoms with E-state index in [9.17, 15) is 0 Å². The topological polar surface area (TPSA) is 29.3 Å². The number of likely N-dealkylation sites (tertiary alicyclic amines) is 1. The molecule has 1 heterocycles. The van der Waals surface area contributed by atoms with E-state index in [0.29, 0.717) is 6.04 Å². The summed E-state index contributed by atoms with van der Waals surface area (Å²) >= 11 is 0. The lowest BCUT2D eigenvalue weighted by Gasteiger charge is -2.53. The number of hydrogen-bond acceptors (Lipinski definition) is 2. The lowest BCUT2D eigenvalue weighted by Crippen LogP contribution is -2.62. The van der Waals surface area contributed by atoms with E-state index >= 15 is 0 Å². The smallest absolute Gasteiger partial charge is 0.0334 e. The van der Waals surface area contributed by atoms with Gasteiger partial charge in [0.15, 0.2) is 0 Å². The molecule has 0 aromatic carbocycles. The van der Waals surface area contributed by atoms with Crippen molar-refractivity contribution in [1.29, 1.82) is 0 Å². The molecule has 1 rings (SSSR count). The van der Waals surface area contributed by atoms with Gasteiger partial charge in [-0.05, 0) is 43.9 Å². The summed E-state index contributed by atoms with van der Waals surface area (Å²) in [6, 6.07) is 0.670. The Kier molecular flexibility index (Phi) is 6.32. The van der Waals surface area contributed by atoms with Crippen LogP contribution in [0.15, 0.2) is 0 Å². The minimum Gasteiger partial charge on any atom is -0.329 e. The average Bonchev–Trinajstić information content (AvgIpc) is 2.40. The van der Waals surface area contributed by atoms with Gasteiger partial charge in [-0.2, -0.15) is 0 Å². The van der Waals surface area contributed by atoms with Crippen molar-refractivity contribution in [2.24, 2.45) is 23.5 Å². The molecule has 1 fully saturated rings. The SMILES string of the molecule is CCC(C)CC(CC)(CN)N1CC(C)CC(C)C1C. The maximum absolute atomic E-state index is 6.26. The second-order valence-corrected chi connectivity index (χ2v) is 7.21. The van der Waals surface area contributed by atoms with E-state index in [0.717, 1.165) is 24.3 Å². The van der Waals surface area contributed by atoms with E-state index in [4.69, 9.17) is 5.73 Å². The van der Waals surface area contributed by atoms with E-state index in [-0.39, 0.29) is 5.54 Å². The monoisotopic (exact) mass is 268 g/mol. The van der Waals surface area contributed by atoms with Crippen molar-refractivity contribution in [3.63, 3.8) is 0 Å². The minimum atomic E-state index is 0.220. The van der Waals surface area contributed by atoms with Crippen LogP contribution in [0.25, 0.3) is 0 Å². The van der Waals surface area contributed by atoms with Crippen LogP contribution >= 0.6 is 0 Å². The third-order valence-corrected chi connectivity index (χ3v) is 5.67. The first kappa shape index (κ1) is 17.0. The molecule has 0 aromatic rings. The Morgan fingerprint density at radius 1 is 1.26 bits per heavy atom. The van der Waals surface area contributed by atoms with Crippen molar-refractivity contribution in [2.45, 2.75) is 78.8 Å². The maximum atomic E-state index is 6.26. The van der Waals surface area contributed by atoms with E-state index in [1.165, 1.54) is 32.2 Å². The van der Waals surface area contributed by atoms with Crippen molar-refractivity contribution in [2.75, 3.05) is 13.1 Å². The van der Waals surface area contributed by atoms with Crippen LogP contribution in [0.5, 0.6) is 0 Å². The van der Waals surface area contributed by atoms with Crippen LogP contribution in [0.2, 0.25) is 0 Å². The predicted molar refractivity (Wildman–Crippen MR) is 85.3 cm³/mol. The lowest BCUT2D eigenvalue weighted by atomic mass is 9.77. The standard InChI is InChI=1S/C17H36N2/c1-7-13(3)10-17(8-2,12-18)19-11-14(4)9-15(5)16(19)6/h13-16H,7-12,18H2,1-6H3. The quantitative estimate of drug-likeness (QED) is 0.791. The van der Waals surface area contributed by atoms with Gasteiger partial charge < -0.3 is 5.73 Å². The average molecular weight is 268 g/mol. The predicted octanol–water partition coefficient (Wildman–Crippen LogP) is 3.90. The van der Waals surface area contributed by atoms with E-state index in [1.807, 2.05) is 0 Å². The van der Waals surface area contributed by atoms with E-state index in [1.54, 1.807) is 0 Å². The second kappa shape index (κ2) is 7.08. The number of nitrogens with zero attached hydrogens (tertiary/aromatic N) is 1. The van der Waals surface area contributed by atoms with Gasteiger partial charge >= 0.3 is 0 Å². The van der Waals surface area contributed by atoms with Gasteiger partial charge in [-0.1, -0.05) is 41.0 Å². The second-order valence-electron chi connectivity index (χ2n) is 7.21. The summed E-state index contributed by atoms with van der Waals surface area (Å²) in [5, 5.41) is 0. The molecule has 5 atom stereocenters. The molecular formula is C17H36N2. The van der Waals surface area contributed by atoms with Crippen LogP contribution in [-0.2, 0) is 0 Å². The summed E-state index contributed by atoms with van der Waals surface area (Å²) in [6.07, 6.45) is 5.05. The molecule has 1 saturated heterocycles. The van der Waals surface area contributed by atoms with Crippen LogP contribution in [0.1, 0.15) is 67.2 Å². The van der Waals surface area contributed by atoms with Gasteiger partial charge in [0.05, 0.1) is 0 Å². The fourth-order valence-electron chi connectivity index (χ4n) is 3.94. The normalized spacial score (nSPS) is 33.9. The van der Waals surface area contributed by atoms with Gasteiger partial charge in [0.25, 0.3) is 0 Å². The van der Waals surface area contributed by atoms with Gasteiger partial charge in [-0.3, -0.25) is 4.90 Å². The Bertz CT molecular complexity index is 260. The number of rotatable bonds is 6. The fourth-order valence-corrected chi connectivity index (χ4v) is 3.94. The molecule has 2 N–H and O–H groups in total. The molecule has 0 spiro atoms. The Hall–Kier alpha value is -0.0800. The van der Waals surface area contributed by atoms with Crippen LogP contribution < -0.4 is 5.73 Å². The summed E-state index contributed by atoms with van der Waals surface area (Å²) in [5.41, 5.74) is 6.48. The fraction of sp³-hybridized carbons (Fsp3) is 1.00. The van der Waals surface area contributed by atoms with Gasteiger partial charge in [-0.15, -0.1) is 0 Å². The summed E-state index contributed by atoms with van der Waals surface area (Å²) in [7, 11) is 0. The van der Waals surface area contributed by atoms with Gasteiger partial charge in [0.2, 0.25) is 0 Å². The first-order valence-electron chi connectivity index (χ1n) is 8.37. The Balaban J connectivity index is 2.95. The summed E-state index contributed by atoms with van der Waals surface area (Å²) in [5.74, 6) is 2.36. The molecule has 2 nitrogen and oxygen atoms in total. The molecule has 114 valence electrons. The highest BCUT2D eigenvalue weighted by Crippen LogP contribution is 2.37. The van der Waals surface area contributed by atoms with Crippen LogP contribution in [0, 0.1) is 17.8 Å². The maximum Gasteiger partial charge on any atom is 0.0334 e. The van der Waals surface area contributed by atoms with Gasteiger partial charge in [0.1, 0.15) is 0 Å². The zero-order valence-corrected chi connectivity index (χ0v) is 14.1. The molecule has 0 aromatic heterocycles. The third kappa shape index (κ3) is 3.72. The zero-order chi connectivity index (χ0) is 14.6. The van der Waals surface area contributed by atoms with Gasteiger partial charge in [-0.25, -0.2) is 0 Å². The molecule has 2 heteroatoms. The van der Waals surface area contributed by atoms with Crippen LogP contribution in [0.3, 0.4) is 0 Å². The molecule has 0 radical (unpaired) electrons. The molecule has 19 heavy (non-hydrogen) atoms. The van der Waals surface area contributed by atoms with Crippen LogP contribution in [-0.4, -0.2) is 29.6 Å². The number of hydrogen-bond donors (Lipinski definition) is 1. The van der Waals surface area contributed by atoms with Crippen molar-refractivity contribution < 1.29 is 0 Å². The molecular weight excluding hydrogens is 232 g/mol. The van der Waals surface area contributed by atoms with Gasteiger partial charge in [0, 0.05) is 24.7 Å². The lowest BCUT2D eigenvalue weighted by molar-refractivity contribution is -0.0299. The highest BCUT2D eigenvalue weighted by molar-refractivity contribution is 4.98. The van der Waals surface area contributed by atoms with E-state index < -0.39 is 0 Å². The summed E-state index contributed by atoms with van der Waals surface area (Å²) in [6.45, 7) is 16.3. The summed E-state index contributed by atoms with van der Waals surface area (Å²) in [4.78, 5) is 2.76. The van der Waals surface area contributed by atoms with Crippen LogP contribution in [0.4, 0.5) is 0 Å². The third-order valence-electron chi connectivity index (χ3n) is 5.67. The first-order valence-corrected chi connectivity index (χ1v) is 8.37. The largest absolute Gasteiger partial charge is 0.329 e. The highest BCUT2D eigenvalue weighted by Gasteiger charge is 2.41. The van der Waals surface area contributed by atoms with Crippen molar-refractivity contribution in [1.82, 2.24) is 4.90 Å². The minimum absolute atomic E-state index is 0.220. The Labute approximate surface area is 121 Å². The molecule has 5 unspecified atom stereocenters.